The Morgan fingerprint density at radius 3 is 2.72 bits per heavy atom. The number of hydrogen-bond donors (Lipinski definition) is 1. The van der Waals surface area contributed by atoms with Crippen molar-refractivity contribution in [2.75, 3.05) is 0 Å². The molecule has 1 heterocycles. The Balaban J connectivity index is 2.09. The smallest absolute Gasteiger partial charge is 0.189 e. The number of carbonyl (C=O) groups excluding carboxylic acids is 1. The lowest BCUT2D eigenvalue weighted by Gasteiger charge is -1.94. The number of hydrogen-bond acceptors (Lipinski definition) is 3. The minimum Gasteiger partial charge on any atom is -0.508 e. The van der Waals surface area contributed by atoms with Gasteiger partial charge in [-0.05, 0) is 30.7 Å². The molecule has 18 heavy (non-hydrogen) atoms. The van der Waals surface area contributed by atoms with E-state index in [9.17, 15) is 4.79 Å². The molecule has 2 rings (SSSR count). The van der Waals surface area contributed by atoms with E-state index in [2.05, 4.69) is 5.10 Å². The molecule has 0 aliphatic carbocycles. The fraction of sp³-hybridized carbons (Fsp3) is 0.143. The van der Waals surface area contributed by atoms with Crippen LogP contribution in [0.2, 0.25) is 0 Å². The van der Waals surface area contributed by atoms with Gasteiger partial charge in [-0.1, -0.05) is 18.2 Å². The molecule has 0 saturated carbocycles. The van der Waals surface area contributed by atoms with Gasteiger partial charge in [0.15, 0.2) is 5.78 Å². The number of phenolic OH excluding ortho intramolecular Hbond substituents is 1. The van der Waals surface area contributed by atoms with E-state index in [0.717, 1.165) is 12.1 Å². The predicted molar refractivity (Wildman–Crippen MR) is 69.4 cm³/mol. The topological polar surface area (TPSA) is 55.1 Å². The number of aryl methyl sites for hydroxylation is 1. The second kappa shape index (κ2) is 5.31. The maximum Gasteiger partial charge on any atom is 0.189 e. The number of aromatic nitrogens is 2. The zero-order valence-electron chi connectivity index (χ0n) is 10.1. The average Bonchev–Trinajstić information content (AvgIpc) is 2.86. The lowest BCUT2D eigenvalue weighted by Crippen LogP contribution is -1.94. The molecule has 0 unspecified atom stereocenters. The minimum atomic E-state index is -0.0808. The maximum absolute atomic E-state index is 11.8. The molecule has 0 fully saturated rings. The van der Waals surface area contributed by atoms with Crippen molar-refractivity contribution in [2.45, 2.75) is 13.5 Å². The minimum absolute atomic E-state index is 0.0808. The summed E-state index contributed by atoms with van der Waals surface area (Å²) < 4.78 is 1.71. The van der Waals surface area contributed by atoms with Gasteiger partial charge in [-0.2, -0.15) is 5.10 Å². The highest BCUT2D eigenvalue weighted by molar-refractivity contribution is 6.06. The molecule has 0 atom stereocenters. The summed E-state index contributed by atoms with van der Waals surface area (Å²) in [5.41, 5.74) is 1.44. The molecule has 4 heteroatoms. The van der Waals surface area contributed by atoms with Gasteiger partial charge in [0.2, 0.25) is 0 Å². The Morgan fingerprint density at radius 2 is 2.11 bits per heavy atom. The summed E-state index contributed by atoms with van der Waals surface area (Å²) in [5, 5.41) is 13.2. The van der Waals surface area contributed by atoms with E-state index < -0.39 is 0 Å². The molecule has 2 aromatic rings. The van der Waals surface area contributed by atoms with Gasteiger partial charge in [0, 0.05) is 12.7 Å². The fourth-order valence-electron chi connectivity index (χ4n) is 1.52. The molecule has 92 valence electrons. The van der Waals surface area contributed by atoms with Gasteiger partial charge < -0.3 is 5.11 Å². The summed E-state index contributed by atoms with van der Waals surface area (Å²) >= 11 is 0. The van der Waals surface area contributed by atoms with Crippen molar-refractivity contribution >= 4 is 11.9 Å². The van der Waals surface area contributed by atoms with Crippen LogP contribution in [-0.4, -0.2) is 20.7 Å². The Hall–Kier alpha value is -2.36. The first-order valence-electron chi connectivity index (χ1n) is 5.73. The van der Waals surface area contributed by atoms with Crippen LogP contribution in [0.25, 0.3) is 6.08 Å². The summed E-state index contributed by atoms with van der Waals surface area (Å²) in [6.45, 7) is 2.71. The summed E-state index contributed by atoms with van der Waals surface area (Å²) in [4.78, 5) is 11.8. The average molecular weight is 242 g/mol. The molecular weight excluding hydrogens is 228 g/mol. The molecule has 1 N–H and O–H groups in total. The van der Waals surface area contributed by atoms with Gasteiger partial charge in [0.25, 0.3) is 0 Å². The Kier molecular flexibility index (Phi) is 3.57. The molecular formula is C14H14N2O2. The Morgan fingerprint density at radius 1 is 1.39 bits per heavy atom. The van der Waals surface area contributed by atoms with Gasteiger partial charge in [-0.25, -0.2) is 0 Å². The van der Waals surface area contributed by atoms with Gasteiger partial charge in [0.1, 0.15) is 5.75 Å². The number of benzene rings is 1. The van der Waals surface area contributed by atoms with Crippen LogP contribution in [0.5, 0.6) is 5.75 Å². The van der Waals surface area contributed by atoms with E-state index in [4.69, 9.17) is 5.11 Å². The third-order valence-corrected chi connectivity index (χ3v) is 2.56. The maximum atomic E-state index is 11.8. The van der Waals surface area contributed by atoms with Crippen LogP contribution in [0.1, 0.15) is 22.8 Å². The molecule has 1 aromatic carbocycles. The number of carbonyl (C=O) groups is 1. The van der Waals surface area contributed by atoms with Crippen LogP contribution in [0.3, 0.4) is 0 Å². The molecule has 0 amide bonds. The zero-order valence-corrected chi connectivity index (χ0v) is 10.1. The first-order valence-corrected chi connectivity index (χ1v) is 5.73. The highest BCUT2D eigenvalue weighted by Crippen LogP contribution is 2.11. The summed E-state index contributed by atoms with van der Waals surface area (Å²) in [5.74, 6) is 0.130. The fourth-order valence-corrected chi connectivity index (χ4v) is 1.52. The monoisotopic (exact) mass is 242 g/mol. The Bertz CT molecular complexity index is 568. The van der Waals surface area contributed by atoms with Crippen LogP contribution in [0.15, 0.2) is 42.7 Å². The van der Waals surface area contributed by atoms with E-state index in [1.165, 1.54) is 6.08 Å². The first kappa shape index (κ1) is 12.1. The van der Waals surface area contributed by atoms with Crippen molar-refractivity contribution in [3.8, 4) is 5.75 Å². The molecule has 0 radical (unpaired) electrons. The Labute approximate surface area is 105 Å². The third-order valence-electron chi connectivity index (χ3n) is 2.56. The van der Waals surface area contributed by atoms with E-state index in [-0.39, 0.29) is 11.5 Å². The normalized spacial score (nSPS) is 10.9. The molecule has 0 bridgehead atoms. The lowest BCUT2D eigenvalue weighted by molar-refractivity contribution is 0.104. The number of rotatable bonds is 4. The number of phenols is 1. The van der Waals surface area contributed by atoms with Gasteiger partial charge in [-0.15, -0.1) is 0 Å². The highest BCUT2D eigenvalue weighted by Gasteiger charge is 2.04. The van der Waals surface area contributed by atoms with E-state index in [1.54, 1.807) is 47.4 Å². The number of aromatic hydroxyl groups is 1. The van der Waals surface area contributed by atoms with Crippen molar-refractivity contribution < 1.29 is 9.90 Å². The van der Waals surface area contributed by atoms with Crippen LogP contribution >= 0.6 is 0 Å². The van der Waals surface area contributed by atoms with Gasteiger partial charge >= 0.3 is 0 Å². The van der Waals surface area contributed by atoms with Gasteiger partial charge in [0.05, 0.1) is 11.8 Å². The number of allylic oxidation sites excluding steroid dienone is 1. The van der Waals surface area contributed by atoms with Crippen molar-refractivity contribution in [1.29, 1.82) is 0 Å². The first-order chi connectivity index (χ1) is 8.69. The number of ketones is 1. The molecule has 0 aliphatic rings. The summed E-state index contributed by atoms with van der Waals surface area (Å²) in [7, 11) is 0. The third kappa shape index (κ3) is 2.85. The van der Waals surface area contributed by atoms with E-state index in [0.29, 0.717) is 5.56 Å². The van der Waals surface area contributed by atoms with E-state index in [1.807, 2.05) is 6.92 Å². The number of nitrogens with zero attached hydrogens (tertiary/aromatic N) is 2. The van der Waals surface area contributed by atoms with Crippen LogP contribution in [0.4, 0.5) is 0 Å². The van der Waals surface area contributed by atoms with Crippen LogP contribution in [-0.2, 0) is 6.54 Å². The molecule has 1 aromatic heterocycles. The standard InChI is InChI=1S/C14H14N2O2/c1-2-16-10-12(9-15-16)14(18)8-5-11-3-6-13(17)7-4-11/h3-10,17H,2H2,1H3/b8-5+. The summed E-state index contributed by atoms with van der Waals surface area (Å²) in [6, 6.07) is 6.65. The second-order valence-corrected chi connectivity index (χ2v) is 3.87. The van der Waals surface area contributed by atoms with Crippen molar-refractivity contribution in [3.63, 3.8) is 0 Å². The van der Waals surface area contributed by atoms with Crippen LogP contribution < -0.4 is 0 Å². The van der Waals surface area contributed by atoms with Crippen molar-refractivity contribution in [3.05, 3.63) is 53.9 Å². The lowest BCUT2D eigenvalue weighted by atomic mass is 10.1. The van der Waals surface area contributed by atoms with Crippen molar-refractivity contribution in [1.82, 2.24) is 9.78 Å². The predicted octanol–water partition coefficient (Wildman–Crippen LogP) is 2.50. The SMILES string of the molecule is CCn1cc(C(=O)/C=C/c2ccc(O)cc2)cn1. The van der Waals surface area contributed by atoms with Gasteiger partial charge in [-0.3, -0.25) is 9.48 Å². The molecule has 0 saturated heterocycles. The summed E-state index contributed by atoms with van der Waals surface area (Å²) in [6.07, 6.45) is 6.50. The van der Waals surface area contributed by atoms with E-state index >= 15 is 0 Å². The second-order valence-electron chi connectivity index (χ2n) is 3.87. The quantitative estimate of drug-likeness (QED) is 0.662. The molecule has 0 aliphatic heterocycles. The molecule has 0 spiro atoms. The van der Waals surface area contributed by atoms with Crippen LogP contribution in [0, 0.1) is 0 Å². The van der Waals surface area contributed by atoms with Crippen molar-refractivity contribution in [2.24, 2.45) is 0 Å². The zero-order chi connectivity index (χ0) is 13.0. The largest absolute Gasteiger partial charge is 0.508 e. The molecule has 4 nitrogen and oxygen atoms in total. The highest BCUT2D eigenvalue weighted by atomic mass is 16.3.